The molecule has 0 saturated carbocycles. The molecule has 0 fully saturated rings. The number of carboxylic acid groups (broad SMARTS) is 1. The van der Waals surface area contributed by atoms with Crippen LogP contribution in [0.2, 0.25) is 0 Å². The van der Waals surface area contributed by atoms with Crippen LogP contribution in [0.25, 0.3) is 0 Å². The molecule has 0 atom stereocenters. The van der Waals surface area contributed by atoms with Gasteiger partial charge in [-0.25, -0.2) is 4.79 Å². The lowest BCUT2D eigenvalue weighted by molar-refractivity contribution is -0.111. The first kappa shape index (κ1) is 10.8. The number of carboxylic acids is 1. The third-order valence-corrected chi connectivity index (χ3v) is 1.94. The summed E-state index contributed by atoms with van der Waals surface area (Å²) in [5.74, 6) is 0.258. The van der Waals surface area contributed by atoms with Gasteiger partial charge in [0.1, 0.15) is 0 Å². The molecule has 1 aromatic rings. The molecule has 0 bridgehead atoms. The van der Waals surface area contributed by atoms with Crippen LogP contribution in [0.4, 0.5) is 5.69 Å². The molecule has 0 heterocycles. The number of anilines is 1. The van der Waals surface area contributed by atoms with E-state index in [0.29, 0.717) is 11.3 Å². The molecule has 1 rings (SSSR count). The topological polar surface area (TPSA) is 66.4 Å². The standard InChI is InChI=1S/C11H9NO3/c1-3-10(13)12-9-6-4-5-8(7(9)2)11(14)15/h1,4-6H,2H3,(H,12,13)(H,14,15). The van der Waals surface area contributed by atoms with Gasteiger partial charge >= 0.3 is 5.97 Å². The number of hydrogen-bond donors (Lipinski definition) is 2. The van der Waals surface area contributed by atoms with Crippen molar-refractivity contribution in [3.63, 3.8) is 0 Å². The second kappa shape index (κ2) is 4.29. The van der Waals surface area contributed by atoms with E-state index in [9.17, 15) is 9.59 Å². The summed E-state index contributed by atoms with van der Waals surface area (Å²) in [5.41, 5.74) is 1.04. The van der Waals surface area contributed by atoms with Gasteiger partial charge < -0.3 is 10.4 Å². The summed E-state index contributed by atoms with van der Waals surface area (Å²) >= 11 is 0. The van der Waals surface area contributed by atoms with Gasteiger partial charge in [0.15, 0.2) is 0 Å². The summed E-state index contributed by atoms with van der Waals surface area (Å²) in [5, 5.41) is 11.2. The number of amides is 1. The summed E-state index contributed by atoms with van der Waals surface area (Å²) in [7, 11) is 0. The third kappa shape index (κ3) is 2.35. The van der Waals surface area contributed by atoms with E-state index in [1.54, 1.807) is 19.1 Å². The number of aromatic carboxylic acids is 1. The van der Waals surface area contributed by atoms with Crippen molar-refractivity contribution in [3.05, 3.63) is 29.3 Å². The fourth-order valence-electron chi connectivity index (χ4n) is 1.16. The number of nitrogens with one attached hydrogen (secondary N) is 1. The minimum absolute atomic E-state index is 0.143. The summed E-state index contributed by atoms with van der Waals surface area (Å²) in [6.45, 7) is 1.61. The molecule has 0 aliphatic rings. The highest BCUT2D eigenvalue weighted by Crippen LogP contribution is 2.18. The molecule has 0 unspecified atom stereocenters. The summed E-state index contributed by atoms with van der Waals surface area (Å²) in [6, 6.07) is 4.60. The van der Waals surface area contributed by atoms with Gasteiger partial charge in [0.25, 0.3) is 5.91 Å². The highest BCUT2D eigenvalue weighted by Gasteiger charge is 2.10. The summed E-state index contributed by atoms with van der Waals surface area (Å²) in [4.78, 5) is 21.7. The molecule has 76 valence electrons. The zero-order valence-electron chi connectivity index (χ0n) is 8.07. The predicted molar refractivity (Wildman–Crippen MR) is 55.6 cm³/mol. The maximum atomic E-state index is 10.9. The maximum absolute atomic E-state index is 10.9. The van der Waals surface area contributed by atoms with Gasteiger partial charge in [-0.2, -0.15) is 0 Å². The van der Waals surface area contributed by atoms with Gasteiger partial charge in [-0.05, 0) is 30.5 Å². The Kier molecular flexibility index (Phi) is 3.09. The number of carbonyl (C=O) groups excluding carboxylic acids is 1. The minimum atomic E-state index is -1.04. The number of terminal acetylenes is 1. The number of rotatable bonds is 2. The van der Waals surface area contributed by atoms with E-state index < -0.39 is 11.9 Å². The van der Waals surface area contributed by atoms with Crippen molar-refractivity contribution in [2.45, 2.75) is 6.92 Å². The largest absolute Gasteiger partial charge is 0.478 e. The number of carbonyl (C=O) groups is 2. The number of hydrogen-bond acceptors (Lipinski definition) is 2. The van der Waals surface area contributed by atoms with Crippen molar-refractivity contribution in [2.24, 2.45) is 0 Å². The Hall–Kier alpha value is -2.28. The molecular formula is C11H9NO3. The normalized spacial score (nSPS) is 9.07. The first-order valence-electron chi connectivity index (χ1n) is 4.16. The zero-order chi connectivity index (χ0) is 11.4. The monoisotopic (exact) mass is 203 g/mol. The van der Waals surface area contributed by atoms with Crippen LogP contribution in [0.3, 0.4) is 0 Å². The molecule has 15 heavy (non-hydrogen) atoms. The average molecular weight is 203 g/mol. The summed E-state index contributed by atoms with van der Waals surface area (Å²) < 4.78 is 0. The van der Waals surface area contributed by atoms with Crippen molar-refractivity contribution in [1.82, 2.24) is 0 Å². The Morgan fingerprint density at radius 1 is 1.47 bits per heavy atom. The fraction of sp³-hybridized carbons (Fsp3) is 0.0909. The zero-order valence-corrected chi connectivity index (χ0v) is 8.07. The van der Waals surface area contributed by atoms with Gasteiger partial charge in [-0.3, -0.25) is 4.79 Å². The third-order valence-electron chi connectivity index (χ3n) is 1.94. The first-order chi connectivity index (χ1) is 7.06. The Balaban J connectivity index is 3.11. The fourth-order valence-corrected chi connectivity index (χ4v) is 1.16. The summed E-state index contributed by atoms with van der Waals surface area (Å²) in [6.07, 6.45) is 4.89. The molecule has 0 aromatic heterocycles. The van der Waals surface area contributed by atoms with Crippen molar-refractivity contribution < 1.29 is 14.7 Å². The van der Waals surface area contributed by atoms with Gasteiger partial charge in [-0.1, -0.05) is 6.07 Å². The maximum Gasteiger partial charge on any atom is 0.336 e. The minimum Gasteiger partial charge on any atom is -0.478 e. The van der Waals surface area contributed by atoms with Crippen molar-refractivity contribution in [1.29, 1.82) is 0 Å². The van der Waals surface area contributed by atoms with Crippen LogP contribution in [0.5, 0.6) is 0 Å². The second-order valence-electron chi connectivity index (χ2n) is 2.88. The van der Waals surface area contributed by atoms with E-state index in [1.807, 2.05) is 5.92 Å². The van der Waals surface area contributed by atoms with Crippen molar-refractivity contribution in [3.8, 4) is 12.3 Å². The molecule has 2 N–H and O–H groups in total. The van der Waals surface area contributed by atoms with E-state index in [0.717, 1.165) is 0 Å². The predicted octanol–water partition coefficient (Wildman–Crippen LogP) is 1.26. The Bertz CT molecular complexity index is 457. The van der Waals surface area contributed by atoms with Crippen LogP contribution < -0.4 is 5.32 Å². The van der Waals surface area contributed by atoms with Crippen LogP contribution in [0.1, 0.15) is 15.9 Å². The highest BCUT2D eigenvalue weighted by molar-refractivity contribution is 6.04. The second-order valence-corrected chi connectivity index (χ2v) is 2.88. The van der Waals surface area contributed by atoms with Crippen LogP contribution in [0.15, 0.2) is 18.2 Å². The molecule has 0 spiro atoms. The molecule has 4 nitrogen and oxygen atoms in total. The smallest absolute Gasteiger partial charge is 0.336 e. The van der Waals surface area contributed by atoms with E-state index in [1.165, 1.54) is 6.07 Å². The molecule has 1 amide bonds. The first-order valence-corrected chi connectivity index (χ1v) is 4.16. The Morgan fingerprint density at radius 3 is 2.67 bits per heavy atom. The molecule has 0 radical (unpaired) electrons. The highest BCUT2D eigenvalue weighted by atomic mass is 16.4. The number of benzene rings is 1. The lowest BCUT2D eigenvalue weighted by Crippen LogP contribution is -2.11. The van der Waals surface area contributed by atoms with E-state index in [-0.39, 0.29) is 5.56 Å². The van der Waals surface area contributed by atoms with Gasteiger partial charge in [0.05, 0.1) is 5.56 Å². The molecular weight excluding hydrogens is 194 g/mol. The van der Waals surface area contributed by atoms with Crippen LogP contribution in [-0.2, 0) is 4.79 Å². The van der Waals surface area contributed by atoms with Crippen molar-refractivity contribution in [2.75, 3.05) is 5.32 Å². The van der Waals surface area contributed by atoms with Crippen LogP contribution >= 0.6 is 0 Å². The lowest BCUT2D eigenvalue weighted by atomic mass is 10.1. The Morgan fingerprint density at radius 2 is 2.13 bits per heavy atom. The lowest BCUT2D eigenvalue weighted by Gasteiger charge is -2.07. The average Bonchev–Trinajstić information content (AvgIpc) is 2.20. The molecule has 4 heteroatoms. The van der Waals surface area contributed by atoms with E-state index >= 15 is 0 Å². The molecule has 0 aliphatic carbocycles. The molecule has 0 aliphatic heterocycles. The van der Waals surface area contributed by atoms with E-state index in [2.05, 4.69) is 5.32 Å². The molecule has 1 aromatic carbocycles. The van der Waals surface area contributed by atoms with Crippen molar-refractivity contribution >= 4 is 17.6 Å². The SMILES string of the molecule is C#CC(=O)Nc1cccc(C(=O)O)c1C. The van der Waals surface area contributed by atoms with Gasteiger partial charge in [0.2, 0.25) is 0 Å². The van der Waals surface area contributed by atoms with E-state index in [4.69, 9.17) is 11.5 Å². The van der Waals surface area contributed by atoms with Crippen LogP contribution in [-0.4, -0.2) is 17.0 Å². The van der Waals surface area contributed by atoms with Gasteiger partial charge in [0, 0.05) is 5.69 Å². The van der Waals surface area contributed by atoms with Gasteiger partial charge in [-0.15, -0.1) is 6.42 Å². The molecule has 0 saturated heterocycles. The van der Waals surface area contributed by atoms with Crippen LogP contribution in [0, 0.1) is 19.3 Å². The Labute approximate surface area is 86.9 Å². The quantitative estimate of drug-likeness (QED) is 0.711.